The summed E-state index contributed by atoms with van der Waals surface area (Å²) in [6.45, 7) is 1.91. The summed E-state index contributed by atoms with van der Waals surface area (Å²) in [6.07, 6.45) is 1.84. The third-order valence-electron chi connectivity index (χ3n) is 4.28. The summed E-state index contributed by atoms with van der Waals surface area (Å²) >= 11 is 1.46. The van der Waals surface area contributed by atoms with Gasteiger partial charge in [-0.3, -0.25) is 4.79 Å². The zero-order valence-electron chi connectivity index (χ0n) is 14.1. The number of benzene rings is 1. The molecule has 0 spiro atoms. The molecule has 0 saturated heterocycles. The number of carbonyl (C=O) groups excluding carboxylic acids is 1. The van der Waals surface area contributed by atoms with Crippen LogP contribution in [0.4, 0.5) is 0 Å². The van der Waals surface area contributed by atoms with E-state index in [2.05, 4.69) is 15.4 Å². The molecule has 0 aliphatic rings. The molecular formula is C17H17N5O2S. The van der Waals surface area contributed by atoms with E-state index in [0.29, 0.717) is 5.69 Å². The summed E-state index contributed by atoms with van der Waals surface area (Å²) in [5.74, 6) is 0.624. The fourth-order valence-electron chi connectivity index (χ4n) is 2.88. The number of carbonyl (C=O) groups is 1. The van der Waals surface area contributed by atoms with Crippen LogP contribution in [0.1, 0.15) is 29.1 Å². The quantitative estimate of drug-likeness (QED) is 0.611. The summed E-state index contributed by atoms with van der Waals surface area (Å²) in [5, 5.41) is 8.13. The first-order chi connectivity index (χ1) is 12.1. The minimum Gasteiger partial charge on any atom is -0.497 e. The van der Waals surface area contributed by atoms with Gasteiger partial charge in [-0.1, -0.05) is 11.3 Å². The number of rotatable bonds is 4. The lowest BCUT2D eigenvalue weighted by atomic mass is 10.2. The van der Waals surface area contributed by atoms with Gasteiger partial charge in [0.05, 0.1) is 25.0 Å². The molecule has 0 aliphatic heterocycles. The van der Waals surface area contributed by atoms with Crippen LogP contribution in [-0.4, -0.2) is 32.2 Å². The Balaban J connectivity index is 1.60. The van der Waals surface area contributed by atoms with Crippen LogP contribution >= 0.6 is 11.3 Å². The molecule has 8 heteroatoms. The average Bonchev–Trinajstić information content (AvgIpc) is 3.27. The molecule has 0 saturated carbocycles. The van der Waals surface area contributed by atoms with Crippen molar-refractivity contribution in [2.75, 3.05) is 7.11 Å². The molecule has 0 fully saturated rings. The molecule has 3 heterocycles. The number of hydrogen-bond donors (Lipinski definition) is 1. The predicted octanol–water partition coefficient (Wildman–Crippen LogP) is 2.78. The molecule has 3 aromatic heterocycles. The predicted molar refractivity (Wildman–Crippen MR) is 96.2 cm³/mol. The van der Waals surface area contributed by atoms with Crippen molar-refractivity contribution in [1.82, 2.24) is 24.5 Å². The molecule has 7 nitrogen and oxygen atoms in total. The number of nitrogens with one attached hydrogen (secondary N) is 1. The van der Waals surface area contributed by atoms with E-state index in [0.717, 1.165) is 27.3 Å². The average molecular weight is 355 g/mol. The summed E-state index contributed by atoms with van der Waals surface area (Å²) in [5.41, 5.74) is 4.09. The van der Waals surface area contributed by atoms with Crippen LogP contribution in [0.15, 0.2) is 36.0 Å². The number of methoxy groups -OCH3 is 1. The number of hydrogen-bond acceptors (Lipinski definition) is 5. The van der Waals surface area contributed by atoms with Gasteiger partial charge in [-0.2, -0.15) is 5.10 Å². The van der Waals surface area contributed by atoms with Gasteiger partial charge >= 0.3 is 0 Å². The first-order valence-electron chi connectivity index (χ1n) is 7.80. The van der Waals surface area contributed by atoms with Gasteiger partial charge in [-0.05, 0) is 31.2 Å². The Labute approximate surface area is 147 Å². The lowest BCUT2D eigenvalue weighted by Gasteiger charge is -2.12. The summed E-state index contributed by atoms with van der Waals surface area (Å²) in [7, 11) is 3.51. The van der Waals surface area contributed by atoms with Gasteiger partial charge in [-0.15, -0.1) is 0 Å². The van der Waals surface area contributed by atoms with Crippen LogP contribution in [0, 0.1) is 0 Å². The summed E-state index contributed by atoms with van der Waals surface area (Å²) in [4.78, 5) is 18.0. The molecule has 1 amide bonds. The van der Waals surface area contributed by atoms with Crippen molar-refractivity contribution in [3.63, 3.8) is 0 Å². The van der Waals surface area contributed by atoms with Crippen molar-refractivity contribution in [1.29, 1.82) is 0 Å². The smallest absolute Gasteiger partial charge is 0.268 e. The summed E-state index contributed by atoms with van der Waals surface area (Å²) < 4.78 is 8.84. The second-order valence-electron chi connectivity index (χ2n) is 5.84. The minimum atomic E-state index is -0.214. The van der Waals surface area contributed by atoms with Crippen LogP contribution in [-0.2, 0) is 7.05 Å². The van der Waals surface area contributed by atoms with E-state index >= 15 is 0 Å². The van der Waals surface area contributed by atoms with Crippen LogP contribution in [0.3, 0.4) is 0 Å². The highest BCUT2D eigenvalue weighted by Crippen LogP contribution is 2.24. The number of aryl methyl sites for hydroxylation is 1. The molecule has 25 heavy (non-hydrogen) atoms. The zero-order chi connectivity index (χ0) is 17.6. The highest BCUT2D eigenvalue weighted by atomic mass is 32.1. The first kappa shape index (κ1) is 15.6. The van der Waals surface area contributed by atoms with Gasteiger partial charge in [0.1, 0.15) is 17.0 Å². The lowest BCUT2D eigenvalue weighted by Crippen LogP contribution is -2.28. The second-order valence-corrected chi connectivity index (χ2v) is 6.65. The molecule has 1 unspecified atom stereocenters. The Morgan fingerprint density at radius 2 is 2.20 bits per heavy atom. The third-order valence-corrected chi connectivity index (χ3v) is 4.97. The summed E-state index contributed by atoms with van der Waals surface area (Å²) in [6, 6.07) is 7.41. The van der Waals surface area contributed by atoms with Gasteiger partial charge < -0.3 is 14.6 Å². The van der Waals surface area contributed by atoms with Crippen molar-refractivity contribution < 1.29 is 9.53 Å². The molecule has 0 aliphatic carbocycles. The Morgan fingerprint density at radius 1 is 1.36 bits per heavy atom. The van der Waals surface area contributed by atoms with Crippen LogP contribution in [0.2, 0.25) is 0 Å². The third kappa shape index (κ3) is 2.64. The zero-order valence-corrected chi connectivity index (χ0v) is 14.9. The number of ether oxygens (including phenoxy) is 1. The van der Waals surface area contributed by atoms with E-state index in [9.17, 15) is 4.79 Å². The second kappa shape index (κ2) is 5.89. The van der Waals surface area contributed by atoms with Crippen molar-refractivity contribution in [2.45, 2.75) is 13.0 Å². The maximum atomic E-state index is 12.7. The number of imidazole rings is 1. The fourth-order valence-corrected chi connectivity index (χ4v) is 3.49. The molecule has 4 aromatic rings. The van der Waals surface area contributed by atoms with Gasteiger partial charge in [0.15, 0.2) is 0 Å². The normalized spacial score (nSPS) is 12.6. The number of amides is 1. The van der Waals surface area contributed by atoms with Crippen LogP contribution in [0.25, 0.3) is 15.9 Å². The van der Waals surface area contributed by atoms with E-state index in [4.69, 9.17) is 4.74 Å². The highest BCUT2D eigenvalue weighted by molar-refractivity contribution is 7.14. The van der Waals surface area contributed by atoms with E-state index in [-0.39, 0.29) is 11.9 Å². The highest BCUT2D eigenvalue weighted by Gasteiger charge is 2.18. The Morgan fingerprint density at radius 3 is 2.96 bits per heavy atom. The maximum absolute atomic E-state index is 12.7. The molecule has 0 bridgehead atoms. The number of fused-ring (bicyclic) bond motifs is 2. The van der Waals surface area contributed by atoms with Gasteiger partial charge in [0.25, 0.3) is 5.91 Å². The Kier molecular flexibility index (Phi) is 3.69. The van der Waals surface area contributed by atoms with E-state index < -0.39 is 0 Å². The standard InChI is InChI=1S/C17H17N5O2S/c1-10(13-8-22-17(20-13)25-9-18-22)19-16(23)15-7-11-6-12(24-3)4-5-14(11)21(15)2/h4-10H,1-3H3,(H,19,23). The molecule has 1 atom stereocenters. The Hall–Kier alpha value is -2.87. The van der Waals surface area contributed by atoms with Crippen molar-refractivity contribution in [2.24, 2.45) is 7.05 Å². The Bertz CT molecular complexity index is 1050. The molecule has 1 N–H and O–H groups in total. The van der Waals surface area contributed by atoms with Gasteiger partial charge in [0, 0.05) is 18.0 Å². The van der Waals surface area contributed by atoms with Crippen molar-refractivity contribution in [3.05, 3.63) is 47.4 Å². The molecule has 1 aromatic carbocycles. The minimum absolute atomic E-state index is 0.144. The van der Waals surface area contributed by atoms with Gasteiger partial charge in [0.2, 0.25) is 4.96 Å². The molecular weight excluding hydrogens is 338 g/mol. The molecule has 4 rings (SSSR count). The van der Waals surface area contributed by atoms with Crippen LogP contribution < -0.4 is 10.1 Å². The first-order valence-corrected chi connectivity index (χ1v) is 8.68. The van der Waals surface area contributed by atoms with Gasteiger partial charge in [-0.25, -0.2) is 9.50 Å². The maximum Gasteiger partial charge on any atom is 0.268 e. The SMILES string of the molecule is COc1ccc2c(c1)cc(C(=O)NC(C)c1cn3ncsc3n1)n2C. The van der Waals surface area contributed by atoms with E-state index in [1.165, 1.54) is 11.3 Å². The van der Waals surface area contributed by atoms with Crippen LogP contribution in [0.5, 0.6) is 5.75 Å². The topological polar surface area (TPSA) is 73.4 Å². The van der Waals surface area contributed by atoms with Crippen molar-refractivity contribution >= 4 is 33.1 Å². The number of aromatic nitrogens is 4. The number of nitrogens with zero attached hydrogens (tertiary/aromatic N) is 4. The van der Waals surface area contributed by atoms with E-state index in [1.54, 1.807) is 17.1 Å². The largest absolute Gasteiger partial charge is 0.497 e. The van der Waals surface area contributed by atoms with E-state index in [1.807, 2.05) is 49.0 Å². The molecule has 0 radical (unpaired) electrons. The van der Waals surface area contributed by atoms with Crippen molar-refractivity contribution in [3.8, 4) is 5.75 Å². The monoisotopic (exact) mass is 355 g/mol. The molecule has 128 valence electrons. The fraction of sp³-hybridized carbons (Fsp3) is 0.235. The lowest BCUT2D eigenvalue weighted by molar-refractivity contribution is 0.0931.